The lowest BCUT2D eigenvalue weighted by molar-refractivity contribution is 0.104. The van der Waals surface area contributed by atoms with Gasteiger partial charge in [-0.1, -0.05) is 23.7 Å². The van der Waals surface area contributed by atoms with Crippen molar-refractivity contribution in [3.05, 3.63) is 52.8 Å². The summed E-state index contributed by atoms with van der Waals surface area (Å²) in [6.07, 6.45) is 0. The monoisotopic (exact) mass is 264 g/mol. The average Bonchev–Trinajstić information content (AvgIpc) is 2.42. The fraction of sp³-hybridized carbons (Fsp3) is 0.231. The van der Waals surface area contributed by atoms with Crippen LogP contribution in [0.15, 0.2) is 36.4 Å². The van der Waals surface area contributed by atoms with E-state index < -0.39 is 0 Å². The second-order valence-corrected chi connectivity index (χ2v) is 4.08. The van der Waals surface area contributed by atoms with Gasteiger partial charge in [0.15, 0.2) is 5.15 Å². The van der Waals surface area contributed by atoms with Crippen molar-refractivity contribution >= 4 is 11.6 Å². The van der Waals surface area contributed by atoms with Crippen LogP contribution in [-0.2, 0) is 18.0 Å². The minimum absolute atomic E-state index is 0.383. The van der Waals surface area contributed by atoms with Gasteiger partial charge in [0.25, 0.3) is 0 Å². The number of benzene rings is 1. The molecule has 0 saturated heterocycles. The Bertz CT molecular complexity index is 485. The molecule has 0 amide bonds. The zero-order valence-corrected chi connectivity index (χ0v) is 10.7. The molecule has 94 valence electrons. The molecule has 0 unspecified atom stereocenters. The molecule has 0 N–H and O–H groups in total. The van der Waals surface area contributed by atoms with Crippen LogP contribution in [0.5, 0.6) is 5.75 Å². The largest absolute Gasteiger partial charge is 0.497 e. The summed E-state index contributed by atoms with van der Waals surface area (Å²) in [4.78, 5) is 0. The third kappa shape index (κ3) is 3.68. The van der Waals surface area contributed by atoms with Gasteiger partial charge in [0.2, 0.25) is 0 Å². The maximum Gasteiger partial charge on any atom is 0.151 e. The lowest BCUT2D eigenvalue weighted by atomic mass is 10.2. The fourth-order valence-corrected chi connectivity index (χ4v) is 1.52. The number of hydrogen-bond donors (Lipinski definition) is 0. The van der Waals surface area contributed by atoms with E-state index in [0.717, 1.165) is 17.0 Å². The molecule has 0 aliphatic heterocycles. The van der Waals surface area contributed by atoms with Crippen molar-refractivity contribution in [2.24, 2.45) is 0 Å². The summed E-state index contributed by atoms with van der Waals surface area (Å²) in [5.41, 5.74) is 1.84. The van der Waals surface area contributed by atoms with Crippen LogP contribution < -0.4 is 4.74 Å². The fourth-order valence-electron chi connectivity index (χ4n) is 1.42. The first kappa shape index (κ1) is 12.8. The van der Waals surface area contributed by atoms with Crippen molar-refractivity contribution in [2.45, 2.75) is 13.2 Å². The molecular weight excluding hydrogens is 252 g/mol. The summed E-state index contributed by atoms with van der Waals surface area (Å²) in [5, 5.41) is 8.04. The molecule has 5 heteroatoms. The van der Waals surface area contributed by atoms with Crippen molar-refractivity contribution in [2.75, 3.05) is 7.11 Å². The molecule has 1 aromatic carbocycles. The van der Waals surface area contributed by atoms with E-state index in [1.807, 2.05) is 24.3 Å². The zero-order valence-electron chi connectivity index (χ0n) is 9.97. The maximum absolute atomic E-state index is 5.64. The molecule has 0 aliphatic rings. The molecule has 0 atom stereocenters. The average molecular weight is 265 g/mol. The smallest absolute Gasteiger partial charge is 0.151 e. The zero-order chi connectivity index (χ0) is 12.8. The van der Waals surface area contributed by atoms with Crippen molar-refractivity contribution in [1.29, 1.82) is 0 Å². The van der Waals surface area contributed by atoms with Crippen LogP contribution in [0.3, 0.4) is 0 Å². The number of aromatic nitrogens is 2. The van der Waals surface area contributed by atoms with E-state index in [2.05, 4.69) is 10.2 Å². The predicted octanol–water partition coefficient (Wildman–Crippen LogP) is 2.86. The van der Waals surface area contributed by atoms with Crippen LogP contribution in [-0.4, -0.2) is 17.3 Å². The second kappa shape index (κ2) is 6.33. The van der Waals surface area contributed by atoms with E-state index in [0.29, 0.717) is 18.4 Å². The molecule has 18 heavy (non-hydrogen) atoms. The van der Waals surface area contributed by atoms with E-state index in [1.54, 1.807) is 19.2 Å². The number of rotatable bonds is 5. The molecular formula is C13H13ClN2O2. The highest BCUT2D eigenvalue weighted by atomic mass is 35.5. The van der Waals surface area contributed by atoms with Crippen molar-refractivity contribution < 1.29 is 9.47 Å². The van der Waals surface area contributed by atoms with Gasteiger partial charge in [-0.2, -0.15) is 5.10 Å². The van der Waals surface area contributed by atoms with E-state index in [-0.39, 0.29) is 0 Å². The van der Waals surface area contributed by atoms with Crippen LogP contribution in [0.1, 0.15) is 11.3 Å². The van der Waals surface area contributed by atoms with Crippen molar-refractivity contribution in [3.63, 3.8) is 0 Å². The standard InChI is InChI=1S/C13H13ClN2O2/c1-17-12-5-2-10(3-6-12)8-18-9-11-4-7-13(14)16-15-11/h2-7H,8-9H2,1H3. The lowest BCUT2D eigenvalue weighted by Gasteiger charge is -2.05. The molecule has 0 aliphatic carbocycles. The molecule has 1 heterocycles. The summed E-state index contributed by atoms with van der Waals surface area (Å²) >= 11 is 5.64. The quantitative estimate of drug-likeness (QED) is 0.833. The van der Waals surface area contributed by atoms with Crippen LogP contribution in [0.4, 0.5) is 0 Å². The number of halogens is 1. The van der Waals surface area contributed by atoms with E-state index >= 15 is 0 Å². The van der Waals surface area contributed by atoms with Crippen molar-refractivity contribution in [1.82, 2.24) is 10.2 Å². The molecule has 1 aromatic heterocycles. The summed E-state index contributed by atoms with van der Waals surface area (Å²) in [6.45, 7) is 0.935. The van der Waals surface area contributed by atoms with E-state index in [4.69, 9.17) is 21.1 Å². The van der Waals surface area contributed by atoms with Gasteiger partial charge < -0.3 is 9.47 Å². The summed E-state index contributed by atoms with van der Waals surface area (Å²) in [5.74, 6) is 0.835. The second-order valence-electron chi connectivity index (χ2n) is 3.69. The molecule has 4 nitrogen and oxygen atoms in total. The van der Waals surface area contributed by atoms with Gasteiger partial charge in [-0.3, -0.25) is 0 Å². The number of methoxy groups -OCH3 is 1. The Labute approximate surface area is 111 Å². The summed E-state index contributed by atoms with van der Waals surface area (Å²) in [7, 11) is 1.64. The maximum atomic E-state index is 5.64. The third-order valence-corrected chi connectivity index (χ3v) is 2.57. The Morgan fingerprint density at radius 3 is 2.39 bits per heavy atom. The van der Waals surface area contributed by atoms with Gasteiger partial charge in [-0.15, -0.1) is 5.10 Å². The van der Waals surface area contributed by atoms with Crippen LogP contribution in [0.2, 0.25) is 5.15 Å². The molecule has 0 spiro atoms. The lowest BCUT2D eigenvalue weighted by Crippen LogP contribution is -1.98. The molecule has 0 radical (unpaired) electrons. The summed E-state index contributed by atoms with van der Waals surface area (Å²) in [6, 6.07) is 11.2. The minimum Gasteiger partial charge on any atom is -0.497 e. The Morgan fingerprint density at radius 2 is 1.78 bits per heavy atom. The van der Waals surface area contributed by atoms with Crippen molar-refractivity contribution in [3.8, 4) is 5.75 Å². The van der Waals surface area contributed by atoms with E-state index in [1.165, 1.54) is 0 Å². The van der Waals surface area contributed by atoms with Crippen LogP contribution >= 0.6 is 11.6 Å². The van der Waals surface area contributed by atoms with Gasteiger partial charge in [-0.25, -0.2) is 0 Å². The Hall–Kier alpha value is -1.65. The topological polar surface area (TPSA) is 44.2 Å². The SMILES string of the molecule is COc1ccc(COCc2ccc(Cl)nn2)cc1. The summed E-state index contributed by atoms with van der Waals surface area (Å²) < 4.78 is 10.6. The number of ether oxygens (including phenoxy) is 2. The Balaban J connectivity index is 1.82. The Morgan fingerprint density at radius 1 is 1.00 bits per heavy atom. The van der Waals surface area contributed by atoms with Crippen LogP contribution in [0.25, 0.3) is 0 Å². The predicted molar refractivity (Wildman–Crippen MR) is 68.5 cm³/mol. The number of nitrogens with zero attached hydrogens (tertiary/aromatic N) is 2. The van der Waals surface area contributed by atoms with Crippen LogP contribution in [0, 0.1) is 0 Å². The first-order valence-electron chi connectivity index (χ1n) is 5.47. The minimum atomic E-state index is 0.383. The highest BCUT2D eigenvalue weighted by Crippen LogP contribution is 2.12. The third-order valence-electron chi connectivity index (χ3n) is 2.36. The molecule has 2 rings (SSSR count). The van der Waals surface area contributed by atoms with Gasteiger partial charge >= 0.3 is 0 Å². The first-order chi connectivity index (χ1) is 8.78. The first-order valence-corrected chi connectivity index (χ1v) is 5.84. The number of hydrogen-bond acceptors (Lipinski definition) is 4. The highest BCUT2D eigenvalue weighted by molar-refractivity contribution is 6.29. The highest BCUT2D eigenvalue weighted by Gasteiger charge is 1.98. The molecule has 0 fully saturated rings. The van der Waals surface area contributed by atoms with E-state index in [9.17, 15) is 0 Å². The molecule has 0 bridgehead atoms. The Kier molecular flexibility index (Phi) is 4.50. The molecule has 2 aromatic rings. The van der Waals surface area contributed by atoms with Gasteiger partial charge in [0.1, 0.15) is 5.75 Å². The normalized spacial score (nSPS) is 10.3. The van der Waals surface area contributed by atoms with Gasteiger partial charge in [-0.05, 0) is 29.8 Å². The van der Waals surface area contributed by atoms with Gasteiger partial charge in [0.05, 0.1) is 26.0 Å². The molecule has 0 saturated carbocycles. The van der Waals surface area contributed by atoms with Gasteiger partial charge in [0, 0.05) is 0 Å².